The minimum Gasteiger partial charge on any atom is -0.491 e. The fourth-order valence-electron chi connectivity index (χ4n) is 3.63. The Morgan fingerprint density at radius 1 is 1.18 bits per heavy atom. The van der Waals surface area contributed by atoms with Crippen molar-refractivity contribution in [3.05, 3.63) is 70.8 Å². The minimum absolute atomic E-state index is 0.0948. The molecule has 0 bridgehead atoms. The van der Waals surface area contributed by atoms with E-state index >= 15 is 0 Å². The van der Waals surface area contributed by atoms with Crippen LogP contribution in [0.2, 0.25) is 0 Å². The lowest BCUT2D eigenvalue weighted by Gasteiger charge is -2.13. The zero-order valence-corrected chi connectivity index (χ0v) is 21.3. The molecule has 0 atom stereocenters. The number of aryl methyl sites for hydroxylation is 1. The Bertz CT molecular complexity index is 1240. The molecular formula is C26H27N3O3S2. The highest BCUT2D eigenvalue weighted by molar-refractivity contribution is 8.26. The van der Waals surface area contributed by atoms with Gasteiger partial charge in [0.05, 0.1) is 29.8 Å². The van der Waals surface area contributed by atoms with Crippen molar-refractivity contribution in [2.45, 2.75) is 26.9 Å². The molecule has 0 N–H and O–H groups in total. The standard InChI is InChI=1S/C26H27N3O3S2/c1-17(2)32-22-11-10-19(14-18(22)3)24-20(16-29(27-24)21-8-6-5-7-9-21)15-23-25(30)28(12-13-31-4)26(33)34-23/h5-11,14-17H,12-13H2,1-4H3. The molecule has 34 heavy (non-hydrogen) atoms. The largest absolute Gasteiger partial charge is 0.491 e. The van der Waals surface area contributed by atoms with Gasteiger partial charge in [0.25, 0.3) is 5.91 Å². The summed E-state index contributed by atoms with van der Waals surface area (Å²) in [6, 6.07) is 15.9. The van der Waals surface area contributed by atoms with Crippen LogP contribution in [-0.4, -0.2) is 51.3 Å². The summed E-state index contributed by atoms with van der Waals surface area (Å²) in [6.07, 6.45) is 3.92. The molecule has 4 rings (SSSR count). The Hall–Kier alpha value is -2.94. The number of ether oxygens (including phenoxy) is 2. The van der Waals surface area contributed by atoms with Crippen molar-refractivity contribution in [1.82, 2.24) is 14.7 Å². The van der Waals surface area contributed by atoms with Crippen LogP contribution >= 0.6 is 24.0 Å². The lowest BCUT2D eigenvalue weighted by molar-refractivity contribution is -0.122. The van der Waals surface area contributed by atoms with E-state index in [9.17, 15) is 4.79 Å². The molecule has 0 spiro atoms. The third-order valence-corrected chi connectivity index (χ3v) is 6.63. The number of para-hydroxylation sites is 1. The summed E-state index contributed by atoms with van der Waals surface area (Å²) in [5, 5.41) is 4.88. The smallest absolute Gasteiger partial charge is 0.266 e. The van der Waals surface area contributed by atoms with Gasteiger partial charge in [0.2, 0.25) is 0 Å². The van der Waals surface area contributed by atoms with Crippen molar-refractivity contribution in [1.29, 1.82) is 0 Å². The second kappa shape index (κ2) is 10.5. The summed E-state index contributed by atoms with van der Waals surface area (Å²) in [6.45, 7) is 6.91. The molecule has 0 saturated carbocycles. The molecule has 6 nitrogen and oxygen atoms in total. The number of hydrogen-bond acceptors (Lipinski definition) is 6. The van der Waals surface area contributed by atoms with E-state index in [1.54, 1.807) is 12.0 Å². The van der Waals surface area contributed by atoms with Gasteiger partial charge in [0.1, 0.15) is 15.8 Å². The van der Waals surface area contributed by atoms with Crippen molar-refractivity contribution in [2.75, 3.05) is 20.3 Å². The van der Waals surface area contributed by atoms with Crippen molar-refractivity contribution < 1.29 is 14.3 Å². The third kappa shape index (κ3) is 5.24. The number of rotatable bonds is 8. The summed E-state index contributed by atoms with van der Waals surface area (Å²) in [5.74, 6) is 0.740. The van der Waals surface area contributed by atoms with E-state index < -0.39 is 0 Å². The molecule has 1 aliphatic heterocycles. The van der Waals surface area contributed by atoms with E-state index in [0.717, 1.165) is 33.8 Å². The molecular weight excluding hydrogens is 466 g/mol. The van der Waals surface area contributed by atoms with Crippen molar-refractivity contribution >= 4 is 40.3 Å². The average Bonchev–Trinajstić information content (AvgIpc) is 3.35. The summed E-state index contributed by atoms with van der Waals surface area (Å²) in [4.78, 5) is 15.2. The van der Waals surface area contributed by atoms with Gasteiger partial charge in [0.15, 0.2) is 0 Å². The summed E-state index contributed by atoms with van der Waals surface area (Å²) >= 11 is 6.74. The monoisotopic (exact) mass is 493 g/mol. The minimum atomic E-state index is -0.109. The van der Waals surface area contributed by atoms with Crippen molar-refractivity contribution in [3.63, 3.8) is 0 Å². The number of nitrogens with zero attached hydrogens (tertiary/aromatic N) is 3. The average molecular weight is 494 g/mol. The first-order chi connectivity index (χ1) is 16.4. The summed E-state index contributed by atoms with van der Waals surface area (Å²) in [7, 11) is 1.61. The number of thiocarbonyl (C=S) groups is 1. The molecule has 1 fully saturated rings. The molecule has 0 aliphatic carbocycles. The number of thioether (sulfide) groups is 1. The van der Waals surface area contributed by atoms with Gasteiger partial charge in [-0.2, -0.15) is 5.10 Å². The van der Waals surface area contributed by atoms with Crippen LogP contribution < -0.4 is 4.74 Å². The van der Waals surface area contributed by atoms with Crippen molar-refractivity contribution in [2.24, 2.45) is 0 Å². The van der Waals surface area contributed by atoms with E-state index in [4.69, 9.17) is 26.8 Å². The quantitative estimate of drug-likeness (QED) is 0.306. The Kier molecular flexibility index (Phi) is 7.50. The predicted octanol–water partition coefficient (Wildman–Crippen LogP) is 5.48. The van der Waals surface area contributed by atoms with Crippen molar-refractivity contribution in [3.8, 4) is 22.7 Å². The fraction of sp³-hybridized carbons (Fsp3) is 0.269. The first-order valence-electron chi connectivity index (χ1n) is 11.0. The van der Waals surface area contributed by atoms with Crippen LogP contribution in [0.1, 0.15) is 25.0 Å². The van der Waals surface area contributed by atoms with Crippen LogP contribution in [0.25, 0.3) is 23.0 Å². The number of hydrogen-bond donors (Lipinski definition) is 0. The third-order valence-electron chi connectivity index (χ3n) is 5.25. The summed E-state index contributed by atoms with van der Waals surface area (Å²) < 4.78 is 13.4. The van der Waals surface area contributed by atoms with Gasteiger partial charge < -0.3 is 9.47 Å². The van der Waals surface area contributed by atoms with Gasteiger partial charge in [0, 0.05) is 24.4 Å². The van der Waals surface area contributed by atoms with Gasteiger partial charge in [-0.05, 0) is 62.7 Å². The highest BCUT2D eigenvalue weighted by Crippen LogP contribution is 2.35. The second-order valence-electron chi connectivity index (χ2n) is 8.19. The Labute approximate surface area is 209 Å². The van der Waals surface area contributed by atoms with Crippen LogP contribution in [0.5, 0.6) is 5.75 Å². The topological polar surface area (TPSA) is 56.6 Å². The zero-order chi connectivity index (χ0) is 24.2. The first kappa shape index (κ1) is 24.2. The molecule has 8 heteroatoms. The molecule has 176 valence electrons. The fourth-order valence-corrected chi connectivity index (χ4v) is 4.93. The molecule has 1 aromatic heterocycles. The SMILES string of the molecule is COCCN1C(=O)C(=Cc2cn(-c3ccccc3)nc2-c2ccc(OC(C)C)c(C)c2)SC1=S. The molecule has 1 saturated heterocycles. The van der Waals surface area contributed by atoms with Crippen LogP contribution in [0.15, 0.2) is 59.6 Å². The Balaban J connectivity index is 1.76. The maximum absolute atomic E-state index is 13.0. The molecule has 0 unspecified atom stereocenters. The summed E-state index contributed by atoms with van der Waals surface area (Å²) in [5.41, 5.74) is 4.53. The number of carbonyl (C=O) groups excluding carboxylic acids is 1. The Morgan fingerprint density at radius 3 is 2.62 bits per heavy atom. The number of aromatic nitrogens is 2. The number of benzene rings is 2. The van der Waals surface area contributed by atoms with E-state index in [-0.39, 0.29) is 12.0 Å². The highest BCUT2D eigenvalue weighted by atomic mass is 32.2. The van der Waals surface area contributed by atoms with Crippen LogP contribution in [0, 0.1) is 6.92 Å². The zero-order valence-electron chi connectivity index (χ0n) is 19.6. The number of amides is 1. The molecule has 1 aliphatic rings. The molecule has 2 aromatic carbocycles. The lowest BCUT2D eigenvalue weighted by atomic mass is 10.0. The van der Waals surface area contributed by atoms with Gasteiger partial charge in [-0.3, -0.25) is 9.69 Å². The number of methoxy groups -OCH3 is 1. The predicted molar refractivity (Wildman–Crippen MR) is 141 cm³/mol. The van der Waals surface area contributed by atoms with Crippen LogP contribution in [0.3, 0.4) is 0 Å². The van der Waals surface area contributed by atoms with Gasteiger partial charge in [-0.15, -0.1) is 0 Å². The van der Waals surface area contributed by atoms with Gasteiger partial charge in [-0.1, -0.05) is 42.2 Å². The first-order valence-corrected chi connectivity index (χ1v) is 12.3. The van der Waals surface area contributed by atoms with E-state index in [1.807, 2.05) is 80.2 Å². The van der Waals surface area contributed by atoms with Crippen LogP contribution in [0.4, 0.5) is 0 Å². The maximum atomic E-state index is 13.0. The second-order valence-corrected chi connectivity index (χ2v) is 9.86. The molecule has 2 heterocycles. The lowest BCUT2D eigenvalue weighted by Crippen LogP contribution is -2.31. The van der Waals surface area contributed by atoms with E-state index in [2.05, 4.69) is 6.07 Å². The normalized spacial score (nSPS) is 15.1. The van der Waals surface area contributed by atoms with Gasteiger partial charge in [-0.25, -0.2) is 4.68 Å². The van der Waals surface area contributed by atoms with Crippen LogP contribution in [-0.2, 0) is 9.53 Å². The Morgan fingerprint density at radius 2 is 1.94 bits per heavy atom. The molecule has 3 aromatic rings. The maximum Gasteiger partial charge on any atom is 0.266 e. The van der Waals surface area contributed by atoms with E-state index in [0.29, 0.717) is 22.4 Å². The highest BCUT2D eigenvalue weighted by Gasteiger charge is 2.32. The van der Waals surface area contributed by atoms with Gasteiger partial charge >= 0.3 is 0 Å². The molecule has 1 amide bonds. The molecule has 0 radical (unpaired) electrons. The number of carbonyl (C=O) groups is 1. The van der Waals surface area contributed by atoms with E-state index in [1.165, 1.54) is 11.8 Å².